The van der Waals surface area contributed by atoms with Gasteiger partial charge < -0.3 is 10.0 Å². The number of hydrogen-bond acceptors (Lipinski definition) is 2. The molecule has 0 unspecified atom stereocenters. The summed E-state index contributed by atoms with van der Waals surface area (Å²) >= 11 is 0. The highest BCUT2D eigenvalue weighted by Gasteiger charge is 2.08. The van der Waals surface area contributed by atoms with Crippen molar-refractivity contribution in [2.75, 3.05) is 19.7 Å². The van der Waals surface area contributed by atoms with Crippen molar-refractivity contribution in [1.82, 2.24) is 4.90 Å². The Morgan fingerprint density at radius 3 is 2.17 bits per heavy atom. The highest BCUT2D eigenvalue weighted by atomic mass is 16.2. The first-order valence-corrected chi connectivity index (χ1v) is 7.25. The maximum absolute atomic E-state index is 11.6. The van der Waals surface area contributed by atoms with E-state index in [1.807, 2.05) is 11.8 Å². The van der Waals surface area contributed by atoms with E-state index in [4.69, 9.17) is 5.11 Å². The van der Waals surface area contributed by atoms with E-state index in [0.29, 0.717) is 19.6 Å². The highest BCUT2D eigenvalue weighted by molar-refractivity contribution is 5.75. The summed E-state index contributed by atoms with van der Waals surface area (Å²) in [6, 6.07) is 0. The predicted octanol–water partition coefficient (Wildman–Crippen LogP) is 3.13. The lowest BCUT2D eigenvalue weighted by atomic mass is 10.1. The van der Waals surface area contributed by atoms with Crippen LogP contribution in [0.3, 0.4) is 0 Å². The van der Waals surface area contributed by atoms with Gasteiger partial charge in [0.1, 0.15) is 0 Å². The predicted molar refractivity (Wildman–Crippen MR) is 76.5 cm³/mol. The van der Waals surface area contributed by atoms with E-state index in [1.165, 1.54) is 25.7 Å². The summed E-state index contributed by atoms with van der Waals surface area (Å²) in [5.74, 6) is 0.220. The number of carbonyl (C=O) groups excluding carboxylic acids is 1. The van der Waals surface area contributed by atoms with E-state index >= 15 is 0 Å². The molecule has 0 heterocycles. The van der Waals surface area contributed by atoms with Gasteiger partial charge in [0.25, 0.3) is 0 Å². The lowest BCUT2D eigenvalue weighted by molar-refractivity contribution is -0.130. The number of aliphatic hydroxyl groups excluding tert-OH is 1. The van der Waals surface area contributed by atoms with Gasteiger partial charge in [-0.25, -0.2) is 0 Å². The van der Waals surface area contributed by atoms with Gasteiger partial charge in [0.15, 0.2) is 0 Å². The molecule has 0 aromatic heterocycles. The molecule has 0 bridgehead atoms. The molecule has 0 fully saturated rings. The number of nitrogens with zero attached hydrogens (tertiary/aromatic N) is 1. The maximum Gasteiger partial charge on any atom is 0.222 e. The third-order valence-electron chi connectivity index (χ3n) is 3.09. The monoisotopic (exact) mass is 255 g/mol. The maximum atomic E-state index is 11.6. The first kappa shape index (κ1) is 17.2. The molecule has 0 aliphatic heterocycles. The largest absolute Gasteiger partial charge is 0.396 e. The number of aliphatic hydroxyl groups is 1. The Kier molecular flexibility index (Phi) is 12.0. The van der Waals surface area contributed by atoms with Crippen LogP contribution in [-0.2, 0) is 4.79 Å². The van der Waals surface area contributed by atoms with Gasteiger partial charge in [0.05, 0.1) is 0 Å². The summed E-state index contributed by atoms with van der Waals surface area (Å²) in [5.41, 5.74) is 0. The fourth-order valence-corrected chi connectivity index (χ4v) is 2.00. The van der Waals surface area contributed by atoms with Gasteiger partial charge in [-0.2, -0.15) is 0 Å². The number of amides is 1. The Bertz CT molecular complexity index is 217. The molecule has 1 amide bonds. The average molecular weight is 255 g/mol. The number of hydrogen-bond donors (Lipinski definition) is 1. The first-order valence-electron chi connectivity index (χ1n) is 7.25. The summed E-state index contributed by atoms with van der Waals surface area (Å²) in [6.07, 6.45) is 10.4. The van der Waals surface area contributed by atoms with Crippen LogP contribution in [0.1, 0.15) is 58.3 Å². The van der Waals surface area contributed by atoms with E-state index in [0.717, 1.165) is 25.8 Å². The molecule has 0 aliphatic carbocycles. The standard InChI is InChI=1S/C15H29NO2/c1-3-12-16(15(18)4-2)13-10-8-6-5-7-9-11-14-17/h3,17H,1,4-14H2,2H3. The van der Waals surface area contributed by atoms with Gasteiger partial charge >= 0.3 is 0 Å². The molecular weight excluding hydrogens is 226 g/mol. The van der Waals surface area contributed by atoms with Crippen LogP contribution in [0.4, 0.5) is 0 Å². The minimum atomic E-state index is 0.220. The Hall–Kier alpha value is -0.830. The summed E-state index contributed by atoms with van der Waals surface area (Å²) in [6.45, 7) is 7.43. The van der Waals surface area contributed by atoms with Gasteiger partial charge in [-0.05, 0) is 12.8 Å². The summed E-state index contributed by atoms with van der Waals surface area (Å²) in [7, 11) is 0. The van der Waals surface area contributed by atoms with Crippen LogP contribution in [0.2, 0.25) is 0 Å². The van der Waals surface area contributed by atoms with Crippen LogP contribution in [0.15, 0.2) is 12.7 Å². The lowest BCUT2D eigenvalue weighted by Crippen LogP contribution is -2.31. The van der Waals surface area contributed by atoms with Crippen molar-refractivity contribution in [3.05, 3.63) is 12.7 Å². The fraction of sp³-hybridized carbons (Fsp3) is 0.800. The molecule has 3 nitrogen and oxygen atoms in total. The van der Waals surface area contributed by atoms with Gasteiger partial charge in [-0.1, -0.05) is 45.1 Å². The zero-order valence-electron chi connectivity index (χ0n) is 11.9. The second-order valence-electron chi connectivity index (χ2n) is 4.68. The Balaban J connectivity index is 3.49. The Morgan fingerprint density at radius 1 is 1.11 bits per heavy atom. The van der Waals surface area contributed by atoms with E-state index in [1.54, 1.807) is 6.08 Å². The molecule has 18 heavy (non-hydrogen) atoms. The van der Waals surface area contributed by atoms with Crippen LogP contribution < -0.4 is 0 Å². The van der Waals surface area contributed by atoms with Gasteiger partial charge in [0, 0.05) is 26.1 Å². The van der Waals surface area contributed by atoms with Crippen molar-refractivity contribution in [3.8, 4) is 0 Å². The van der Waals surface area contributed by atoms with Crippen molar-refractivity contribution in [2.45, 2.75) is 58.3 Å². The summed E-state index contributed by atoms with van der Waals surface area (Å²) in [4.78, 5) is 13.5. The molecule has 106 valence electrons. The molecule has 0 saturated carbocycles. The van der Waals surface area contributed by atoms with Crippen molar-refractivity contribution in [2.24, 2.45) is 0 Å². The van der Waals surface area contributed by atoms with E-state index in [2.05, 4.69) is 6.58 Å². The van der Waals surface area contributed by atoms with Crippen molar-refractivity contribution >= 4 is 5.91 Å². The highest BCUT2D eigenvalue weighted by Crippen LogP contribution is 2.08. The Labute approximate surface area is 112 Å². The molecule has 1 N–H and O–H groups in total. The minimum Gasteiger partial charge on any atom is -0.396 e. The molecule has 0 aromatic rings. The molecule has 0 spiro atoms. The minimum absolute atomic E-state index is 0.220. The molecule has 0 aliphatic rings. The normalized spacial score (nSPS) is 10.3. The second kappa shape index (κ2) is 12.6. The first-order chi connectivity index (χ1) is 8.76. The SMILES string of the molecule is C=CCN(CCCCCCCCCO)C(=O)CC. The smallest absolute Gasteiger partial charge is 0.222 e. The lowest BCUT2D eigenvalue weighted by Gasteiger charge is -2.20. The summed E-state index contributed by atoms with van der Waals surface area (Å²) < 4.78 is 0. The molecular formula is C15H29NO2. The zero-order chi connectivity index (χ0) is 13.6. The fourth-order valence-electron chi connectivity index (χ4n) is 2.00. The number of unbranched alkanes of at least 4 members (excludes halogenated alkanes) is 6. The average Bonchev–Trinajstić information content (AvgIpc) is 2.39. The van der Waals surface area contributed by atoms with E-state index in [9.17, 15) is 4.79 Å². The third-order valence-corrected chi connectivity index (χ3v) is 3.09. The van der Waals surface area contributed by atoms with Crippen molar-refractivity contribution < 1.29 is 9.90 Å². The quantitative estimate of drug-likeness (QED) is 0.430. The Morgan fingerprint density at radius 2 is 1.67 bits per heavy atom. The molecule has 3 heteroatoms. The van der Waals surface area contributed by atoms with Gasteiger partial charge in [-0.15, -0.1) is 6.58 Å². The zero-order valence-corrected chi connectivity index (χ0v) is 11.9. The van der Waals surface area contributed by atoms with Crippen LogP contribution in [0, 0.1) is 0 Å². The molecule has 0 saturated heterocycles. The van der Waals surface area contributed by atoms with E-state index < -0.39 is 0 Å². The van der Waals surface area contributed by atoms with Crippen LogP contribution in [-0.4, -0.2) is 35.6 Å². The molecule has 0 aromatic carbocycles. The third kappa shape index (κ3) is 9.23. The number of rotatable bonds is 12. The van der Waals surface area contributed by atoms with Crippen molar-refractivity contribution in [1.29, 1.82) is 0 Å². The topological polar surface area (TPSA) is 40.5 Å². The summed E-state index contributed by atoms with van der Waals surface area (Å²) in [5, 5.41) is 8.65. The molecule has 0 rings (SSSR count). The molecule has 0 atom stereocenters. The van der Waals surface area contributed by atoms with Crippen LogP contribution in [0.5, 0.6) is 0 Å². The molecule has 0 radical (unpaired) electrons. The second-order valence-corrected chi connectivity index (χ2v) is 4.68. The number of carbonyl (C=O) groups is 1. The van der Waals surface area contributed by atoms with Crippen molar-refractivity contribution in [3.63, 3.8) is 0 Å². The van der Waals surface area contributed by atoms with Gasteiger partial charge in [0.2, 0.25) is 5.91 Å². The van der Waals surface area contributed by atoms with Crippen LogP contribution >= 0.6 is 0 Å². The van der Waals surface area contributed by atoms with Gasteiger partial charge in [-0.3, -0.25) is 4.79 Å². The van der Waals surface area contributed by atoms with Crippen LogP contribution in [0.25, 0.3) is 0 Å². The van der Waals surface area contributed by atoms with E-state index in [-0.39, 0.29) is 5.91 Å².